The van der Waals surface area contributed by atoms with Gasteiger partial charge in [0, 0.05) is 12.1 Å². The Balaban J connectivity index is 2.07. The molecule has 1 aliphatic rings. The van der Waals surface area contributed by atoms with Gasteiger partial charge in [-0.1, -0.05) is 24.8 Å². The molecule has 0 heterocycles. The summed E-state index contributed by atoms with van der Waals surface area (Å²) in [6.07, 6.45) is 2.41. The first-order chi connectivity index (χ1) is 9.53. The van der Waals surface area contributed by atoms with Crippen molar-refractivity contribution in [1.29, 1.82) is 0 Å². The zero-order valence-electron chi connectivity index (χ0n) is 11.5. The molecule has 0 radical (unpaired) electrons. The topological polar surface area (TPSA) is 66.4 Å². The summed E-state index contributed by atoms with van der Waals surface area (Å²) in [6, 6.07) is 6.44. The summed E-state index contributed by atoms with van der Waals surface area (Å²) in [4.78, 5) is 0.213. The summed E-state index contributed by atoms with van der Waals surface area (Å²) in [5.74, 6) is 6.26. The highest BCUT2D eigenvalue weighted by atomic mass is 32.2. The van der Waals surface area contributed by atoms with Gasteiger partial charge in [-0.3, -0.25) is 0 Å². The van der Waals surface area contributed by atoms with Gasteiger partial charge in [0.2, 0.25) is 10.0 Å². The fourth-order valence-electron chi connectivity index (χ4n) is 2.04. The van der Waals surface area contributed by atoms with E-state index in [0.29, 0.717) is 23.9 Å². The van der Waals surface area contributed by atoms with Gasteiger partial charge >= 0.3 is 0 Å². The Kier molecular flexibility index (Phi) is 4.81. The minimum Gasteiger partial charge on any atom is -0.384 e. The van der Waals surface area contributed by atoms with Crippen LogP contribution in [0.1, 0.15) is 25.3 Å². The summed E-state index contributed by atoms with van der Waals surface area (Å²) in [7, 11) is -3.49. The van der Waals surface area contributed by atoms with E-state index in [0.717, 1.165) is 0 Å². The summed E-state index contributed by atoms with van der Waals surface area (Å²) < 4.78 is 27.0. The van der Waals surface area contributed by atoms with Gasteiger partial charge in [0.15, 0.2) is 0 Å². The number of hydrogen-bond acceptors (Lipinski definition) is 3. The lowest BCUT2D eigenvalue weighted by Gasteiger charge is -2.12. The molecule has 2 N–H and O–H groups in total. The maximum atomic E-state index is 12.2. The van der Waals surface area contributed by atoms with Crippen LogP contribution >= 0.6 is 0 Å². The van der Waals surface area contributed by atoms with E-state index in [-0.39, 0.29) is 11.5 Å². The second kappa shape index (κ2) is 6.40. The van der Waals surface area contributed by atoms with E-state index in [9.17, 15) is 8.42 Å². The average molecular weight is 293 g/mol. The zero-order valence-corrected chi connectivity index (χ0v) is 12.3. The summed E-state index contributed by atoms with van der Waals surface area (Å²) >= 11 is 0. The van der Waals surface area contributed by atoms with Gasteiger partial charge in [-0.2, -0.15) is 0 Å². The third kappa shape index (κ3) is 4.07. The number of sulfonamides is 1. The van der Waals surface area contributed by atoms with Crippen LogP contribution in [0.5, 0.6) is 0 Å². The second-order valence-corrected chi connectivity index (χ2v) is 6.92. The first-order valence-electron chi connectivity index (χ1n) is 6.72. The smallest absolute Gasteiger partial charge is 0.240 e. The number of aliphatic hydroxyl groups excluding tert-OH is 1. The van der Waals surface area contributed by atoms with Gasteiger partial charge in [0.1, 0.15) is 6.61 Å². The molecule has 0 spiro atoms. The van der Waals surface area contributed by atoms with Gasteiger partial charge in [0.05, 0.1) is 4.90 Å². The third-order valence-electron chi connectivity index (χ3n) is 3.48. The average Bonchev–Trinajstić information content (AvgIpc) is 3.27. The van der Waals surface area contributed by atoms with E-state index in [2.05, 4.69) is 23.5 Å². The van der Waals surface area contributed by atoms with Crippen molar-refractivity contribution in [2.75, 3.05) is 13.2 Å². The van der Waals surface area contributed by atoms with Gasteiger partial charge in [0.25, 0.3) is 0 Å². The maximum Gasteiger partial charge on any atom is 0.240 e. The molecule has 1 unspecified atom stereocenters. The van der Waals surface area contributed by atoms with Crippen molar-refractivity contribution in [3.8, 4) is 11.8 Å². The number of hydrogen-bond donors (Lipinski definition) is 2. The molecule has 1 atom stereocenters. The van der Waals surface area contributed by atoms with Crippen molar-refractivity contribution < 1.29 is 13.5 Å². The van der Waals surface area contributed by atoms with Crippen LogP contribution in [0.4, 0.5) is 0 Å². The van der Waals surface area contributed by atoms with Crippen molar-refractivity contribution in [2.45, 2.75) is 24.7 Å². The lowest BCUT2D eigenvalue weighted by molar-refractivity contribution is 0.350. The Morgan fingerprint density at radius 3 is 2.85 bits per heavy atom. The summed E-state index contributed by atoms with van der Waals surface area (Å²) in [5, 5.41) is 8.66. The van der Waals surface area contributed by atoms with Crippen LogP contribution in [0.2, 0.25) is 0 Å². The highest BCUT2D eigenvalue weighted by molar-refractivity contribution is 7.89. The van der Waals surface area contributed by atoms with Gasteiger partial charge in [-0.05, 0) is 42.9 Å². The molecule has 4 nitrogen and oxygen atoms in total. The molecule has 1 fully saturated rings. The summed E-state index contributed by atoms with van der Waals surface area (Å²) in [5.41, 5.74) is 0.581. The molecular formula is C15H19NO3S. The Morgan fingerprint density at radius 1 is 1.45 bits per heavy atom. The van der Waals surface area contributed by atoms with Gasteiger partial charge in [-0.15, -0.1) is 0 Å². The molecule has 2 rings (SSSR count). The first kappa shape index (κ1) is 15.0. The third-order valence-corrected chi connectivity index (χ3v) is 4.90. The lowest BCUT2D eigenvalue weighted by Crippen LogP contribution is -2.29. The molecule has 0 amide bonds. The Morgan fingerprint density at radius 2 is 2.20 bits per heavy atom. The molecule has 0 saturated heterocycles. The molecule has 1 aliphatic carbocycles. The number of aliphatic hydroxyl groups is 1. The van der Waals surface area contributed by atoms with Crippen LogP contribution in [0.25, 0.3) is 0 Å². The molecule has 1 saturated carbocycles. The van der Waals surface area contributed by atoms with Crippen molar-refractivity contribution in [1.82, 2.24) is 4.72 Å². The molecule has 0 bridgehead atoms. The van der Waals surface area contributed by atoms with Crippen LogP contribution in [0, 0.1) is 23.7 Å². The van der Waals surface area contributed by atoms with Crippen LogP contribution < -0.4 is 4.72 Å². The summed E-state index contributed by atoms with van der Waals surface area (Å²) in [6.45, 7) is 2.30. The van der Waals surface area contributed by atoms with Crippen LogP contribution in [0.3, 0.4) is 0 Å². The largest absolute Gasteiger partial charge is 0.384 e. The molecule has 108 valence electrons. The predicted octanol–water partition coefficient (Wildman–Crippen LogP) is 1.35. The van der Waals surface area contributed by atoms with Crippen molar-refractivity contribution in [3.05, 3.63) is 29.8 Å². The second-order valence-electron chi connectivity index (χ2n) is 5.15. The lowest BCUT2D eigenvalue weighted by atomic mass is 10.1. The molecule has 5 heteroatoms. The number of nitrogens with one attached hydrogen (secondary N) is 1. The van der Waals surface area contributed by atoms with Crippen molar-refractivity contribution >= 4 is 10.0 Å². The number of benzene rings is 1. The normalized spacial score (nSPS) is 16.3. The van der Waals surface area contributed by atoms with Crippen LogP contribution in [0.15, 0.2) is 29.2 Å². The van der Waals surface area contributed by atoms with Crippen LogP contribution in [-0.4, -0.2) is 26.7 Å². The van der Waals surface area contributed by atoms with E-state index in [4.69, 9.17) is 5.11 Å². The van der Waals surface area contributed by atoms with Gasteiger partial charge in [-0.25, -0.2) is 13.1 Å². The van der Waals surface area contributed by atoms with E-state index in [1.54, 1.807) is 18.2 Å². The number of rotatable bonds is 5. The van der Waals surface area contributed by atoms with E-state index < -0.39 is 10.0 Å². The predicted molar refractivity (Wildman–Crippen MR) is 77.5 cm³/mol. The Bertz CT molecular complexity index is 624. The van der Waals surface area contributed by atoms with E-state index in [1.807, 2.05) is 0 Å². The highest BCUT2D eigenvalue weighted by Gasteiger charge is 2.28. The quantitative estimate of drug-likeness (QED) is 0.806. The molecule has 0 aliphatic heterocycles. The SMILES string of the molecule is CC(CNS(=O)(=O)c1cccc(C#CCO)c1)C1CC1. The first-order valence-corrected chi connectivity index (χ1v) is 8.20. The molecular weight excluding hydrogens is 274 g/mol. The fraction of sp³-hybridized carbons (Fsp3) is 0.467. The van der Waals surface area contributed by atoms with Crippen molar-refractivity contribution in [2.24, 2.45) is 11.8 Å². The fourth-order valence-corrected chi connectivity index (χ4v) is 3.23. The standard InChI is InChI=1S/C15H19NO3S/c1-12(14-7-8-14)11-16-20(18,19)15-6-2-4-13(10-15)5-3-9-17/h2,4,6,10,12,14,16-17H,7-9,11H2,1H3. The van der Waals surface area contributed by atoms with E-state index in [1.165, 1.54) is 18.9 Å². The Labute approximate surface area is 120 Å². The zero-order chi connectivity index (χ0) is 14.6. The minimum atomic E-state index is -3.49. The highest BCUT2D eigenvalue weighted by Crippen LogP contribution is 2.36. The van der Waals surface area contributed by atoms with E-state index >= 15 is 0 Å². The van der Waals surface area contributed by atoms with Crippen molar-refractivity contribution in [3.63, 3.8) is 0 Å². The maximum absolute atomic E-state index is 12.2. The molecule has 0 aromatic heterocycles. The monoisotopic (exact) mass is 293 g/mol. The van der Waals surface area contributed by atoms with Gasteiger partial charge < -0.3 is 5.11 Å². The molecule has 20 heavy (non-hydrogen) atoms. The molecule has 1 aromatic carbocycles. The minimum absolute atomic E-state index is 0.213. The Hall–Kier alpha value is -1.35. The molecule has 1 aromatic rings. The van der Waals surface area contributed by atoms with Crippen LogP contribution in [-0.2, 0) is 10.0 Å².